The molecule has 0 saturated carbocycles. The average molecular weight is 304 g/mol. The largest absolute Gasteiger partial charge is 0.314 e. The van der Waals surface area contributed by atoms with E-state index in [0.717, 1.165) is 58.7 Å². The van der Waals surface area contributed by atoms with Crippen molar-refractivity contribution in [1.82, 2.24) is 19.8 Å². The molecule has 7 heteroatoms. The summed E-state index contributed by atoms with van der Waals surface area (Å²) in [5, 5.41) is 3.28. The van der Waals surface area contributed by atoms with Gasteiger partial charge in [-0.15, -0.1) is 0 Å². The van der Waals surface area contributed by atoms with E-state index < -0.39 is 10.0 Å². The predicted molar refractivity (Wildman–Crippen MR) is 81.4 cm³/mol. The van der Waals surface area contributed by atoms with Crippen LogP contribution in [0.3, 0.4) is 0 Å². The average Bonchev–Trinajstić information content (AvgIpc) is 2.46. The van der Waals surface area contributed by atoms with E-state index in [0.29, 0.717) is 6.54 Å². The molecule has 0 spiro atoms. The van der Waals surface area contributed by atoms with Gasteiger partial charge in [0.15, 0.2) is 0 Å². The topological polar surface area (TPSA) is 64.7 Å². The molecule has 1 atom stereocenters. The van der Waals surface area contributed by atoms with E-state index in [-0.39, 0.29) is 11.8 Å². The summed E-state index contributed by atoms with van der Waals surface area (Å²) < 4.78 is 27.2. The highest BCUT2D eigenvalue weighted by atomic mass is 32.2. The molecule has 0 radical (unpaired) electrons. The van der Waals surface area contributed by atoms with E-state index in [9.17, 15) is 8.42 Å². The molecule has 0 amide bonds. The van der Waals surface area contributed by atoms with Gasteiger partial charge in [-0.05, 0) is 25.9 Å². The highest BCUT2D eigenvalue weighted by Gasteiger charge is 2.24. The van der Waals surface area contributed by atoms with Crippen molar-refractivity contribution in [3.05, 3.63) is 0 Å². The molecule has 118 valence electrons. The number of likely N-dealkylation sites (N-methyl/N-ethyl adjacent to an activating group) is 1. The van der Waals surface area contributed by atoms with Crippen molar-refractivity contribution in [2.24, 2.45) is 0 Å². The first kappa shape index (κ1) is 16.2. The SMILES string of the molecule is CCN1CCCC(NS(=O)(=O)CCN2CCNCC2)C1. The summed E-state index contributed by atoms with van der Waals surface area (Å²) in [5.74, 6) is 0.218. The van der Waals surface area contributed by atoms with Crippen LogP contribution in [-0.4, -0.2) is 82.4 Å². The molecule has 2 aliphatic rings. The molecule has 2 aliphatic heterocycles. The first-order valence-corrected chi connectivity index (χ1v) is 9.40. The van der Waals surface area contributed by atoms with Crippen LogP contribution in [0.5, 0.6) is 0 Å². The van der Waals surface area contributed by atoms with Crippen LogP contribution in [0.2, 0.25) is 0 Å². The maximum Gasteiger partial charge on any atom is 0.213 e. The van der Waals surface area contributed by atoms with Crippen LogP contribution in [0.15, 0.2) is 0 Å². The summed E-state index contributed by atoms with van der Waals surface area (Å²) >= 11 is 0. The molecule has 20 heavy (non-hydrogen) atoms. The van der Waals surface area contributed by atoms with Crippen LogP contribution in [0.1, 0.15) is 19.8 Å². The van der Waals surface area contributed by atoms with Crippen molar-refractivity contribution >= 4 is 10.0 Å². The minimum atomic E-state index is -3.15. The third-order valence-corrected chi connectivity index (χ3v) is 5.60. The fraction of sp³-hybridized carbons (Fsp3) is 1.00. The van der Waals surface area contributed by atoms with Crippen LogP contribution >= 0.6 is 0 Å². The van der Waals surface area contributed by atoms with Gasteiger partial charge in [0.2, 0.25) is 10.0 Å². The molecule has 2 heterocycles. The second kappa shape index (κ2) is 7.70. The molecule has 0 aliphatic carbocycles. The molecule has 2 rings (SSSR count). The van der Waals surface area contributed by atoms with Crippen LogP contribution in [-0.2, 0) is 10.0 Å². The van der Waals surface area contributed by atoms with E-state index in [4.69, 9.17) is 0 Å². The zero-order valence-corrected chi connectivity index (χ0v) is 13.3. The number of piperidine rings is 1. The van der Waals surface area contributed by atoms with Gasteiger partial charge in [-0.3, -0.25) is 4.90 Å². The Morgan fingerprint density at radius 3 is 2.65 bits per heavy atom. The standard InChI is InChI=1S/C13H28N4O2S/c1-2-16-7-3-4-13(12-16)15-20(18,19)11-10-17-8-5-14-6-9-17/h13-15H,2-12H2,1H3. The zero-order valence-electron chi connectivity index (χ0n) is 12.5. The fourth-order valence-corrected chi connectivity index (χ4v) is 4.25. The number of piperazine rings is 1. The number of nitrogens with zero attached hydrogens (tertiary/aromatic N) is 2. The van der Waals surface area contributed by atoms with Gasteiger partial charge in [0, 0.05) is 45.3 Å². The third-order valence-electron chi connectivity index (χ3n) is 4.18. The molecule has 2 fully saturated rings. The predicted octanol–water partition coefficient (Wildman–Crippen LogP) is -0.705. The Balaban J connectivity index is 1.75. The van der Waals surface area contributed by atoms with Crippen molar-refractivity contribution in [2.45, 2.75) is 25.8 Å². The van der Waals surface area contributed by atoms with E-state index in [1.54, 1.807) is 0 Å². The van der Waals surface area contributed by atoms with Gasteiger partial charge in [0.1, 0.15) is 0 Å². The zero-order chi connectivity index (χ0) is 14.4. The second-order valence-electron chi connectivity index (χ2n) is 5.76. The Labute approximate surface area is 122 Å². The number of sulfonamides is 1. The molecule has 1 unspecified atom stereocenters. The lowest BCUT2D eigenvalue weighted by Gasteiger charge is -2.32. The molecule has 0 aromatic heterocycles. The van der Waals surface area contributed by atoms with Gasteiger partial charge < -0.3 is 10.2 Å². The molecule has 0 aromatic carbocycles. The number of rotatable bonds is 6. The number of hydrogen-bond acceptors (Lipinski definition) is 5. The van der Waals surface area contributed by atoms with Gasteiger partial charge in [-0.1, -0.05) is 6.92 Å². The van der Waals surface area contributed by atoms with Crippen LogP contribution in [0.4, 0.5) is 0 Å². The lowest BCUT2D eigenvalue weighted by molar-refractivity contribution is 0.211. The number of nitrogens with one attached hydrogen (secondary N) is 2. The van der Waals surface area contributed by atoms with Crippen molar-refractivity contribution in [2.75, 3.05) is 58.1 Å². The molecular formula is C13H28N4O2S. The highest BCUT2D eigenvalue weighted by molar-refractivity contribution is 7.89. The Morgan fingerprint density at radius 2 is 1.95 bits per heavy atom. The Morgan fingerprint density at radius 1 is 1.20 bits per heavy atom. The summed E-state index contributed by atoms with van der Waals surface area (Å²) in [5.41, 5.74) is 0. The van der Waals surface area contributed by atoms with Gasteiger partial charge in [-0.2, -0.15) is 0 Å². The summed E-state index contributed by atoms with van der Waals surface area (Å²) in [4.78, 5) is 4.53. The lowest BCUT2D eigenvalue weighted by Crippen LogP contribution is -2.50. The minimum Gasteiger partial charge on any atom is -0.314 e. The normalized spacial score (nSPS) is 26.8. The molecule has 0 aromatic rings. The molecule has 0 bridgehead atoms. The fourth-order valence-electron chi connectivity index (χ4n) is 2.94. The molecular weight excluding hydrogens is 276 g/mol. The van der Waals surface area contributed by atoms with Crippen molar-refractivity contribution < 1.29 is 8.42 Å². The van der Waals surface area contributed by atoms with Crippen LogP contribution in [0.25, 0.3) is 0 Å². The van der Waals surface area contributed by atoms with Crippen molar-refractivity contribution in [3.8, 4) is 0 Å². The third kappa shape index (κ3) is 5.29. The van der Waals surface area contributed by atoms with Gasteiger partial charge >= 0.3 is 0 Å². The maximum absolute atomic E-state index is 12.2. The highest BCUT2D eigenvalue weighted by Crippen LogP contribution is 2.10. The lowest BCUT2D eigenvalue weighted by atomic mass is 10.1. The van der Waals surface area contributed by atoms with E-state index >= 15 is 0 Å². The van der Waals surface area contributed by atoms with E-state index in [1.165, 1.54) is 0 Å². The van der Waals surface area contributed by atoms with Gasteiger partial charge in [0.25, 0.3) is 0 Å². The summed E-state index contributed by atoms with van der Waals surface area (Å²) in [6.07, 6.45) is 2.04. The van der Waals surface area contributed by atoms with E-state index in [2.05, 4.69) is 26.8 Å². The summed E-state index contributed by atoms with van der Waals surface area (Å²) in [6.45, 7) is 9.52. The first-order valence-electron chi connectivity index (χ1n) is 7.74. The Hall–Kier alpha value is -0.210. The minimum absolute atomic E-state index is 0.0942. The van der Waals surface area contributed by atoms with Crippen LogP contribution < -0.4 is 10.0 Å². The van der Waals surface area contributed by atoms with E-state index in [1.807, 2.05) is 0 Å². The quantitative estimate of drug-likeness (QED) is 0.679. The number of hydrogen-bond donors (Lipinski definition) is 2. The van der Waals surface area contributed by atoms with Crippen LogP contribution in [0, 0.1) is 0 Å². The smallest absolute Gasteiger partial charge is 0.213 e. The van der Waals surface area contributed by atoms with Gasteiger partial charge in [0.05, 0.1) is 5.75 Å². The molecule has 2 N–H and O–H groups in total. The Kier molecular flexibility index (Phi) is 6.22. The van der Waals surface area contributed by atoms with Crippen molar-refractivity contribution in [3.63, 3.8) is 0 Å². The van der Waals surface area contributed by atoms with Crippen molar-refractivity contribution in [1.29, 1.82) is 0 Å². The van der Waals surface area contributed by atoms with Gasteiger partial charge in [-0.25, -0.2) is 13.1 Å². The molecule has 2 saturated heterocycles. The first-order chi connectivity index (χ1) is 9.59. The number of likely N-dealkylation sites (tertiary alicyclic amines) is 1. The monoisotopic (exact) mass is 304 g/mol. The summed E-state index contributed by atoms with van der Waals surface area (Å²) in [6, 6.07) is 0.0942. The molecule has 6 nitrogen and oxygen atoms in total. The maximum atomic E-state index is 12.2. The summed E-state index contributed by atoms with van der Waals surface area (Å²) in [7, 11) is -3.15. The Bertz CT molecular complexity index is 382. The second-order valence-corrected chi connectivity index (χ2v) is 7.63.